The summed E-state index contributed by atoms with van der Waals surface area (Å²) in [5.41, 5.74) is 1.03. The van der Waals surface area contributed by atoms with Crippen molar-refractivity contribution in [3.05, 3.63) is 96.3 Å². The standard InChI is InChI=1S/C23H23FN2O3S2/c24-21-13-7-8-14-22(21)26(31(28,29)20-11-5-2-6-12-20)17-23(27)25-15-16-30-18-19-9-3-1-4-10-19/h1-14H,15-18H2,(H,25,27). The zero-order valence-electron chi connectivity index (χ0n) is 16.8. The number of hydrogen-bond acceptors (Lipinski definition) is 4. The maximum Gasteiger partial charge on any atom is 0.264 e. The summed E-state index contributed by atoms with van der Waals surface area (Å²) in [5, 5.41) is 2.72. The van der Waals surface area contributed by atoms with Gasteiger partial charge in [-0.15, -0.1) is 0 Å². The van der Waals surface area contributed by atoms with Crippen LogP contribution in [0.1, 0.15) is 5.56 Å². The van der Waals surface area contributed by atoms with Gasteiger partial charge in [-0.05, 0) is 29.8 Å². The van der Waals surface area contributed by atoms with Crippen LogP contribution in [0.5, 0.6) is 0 Å². The van der Waals surface area contributed by atoms with Crippen LogP contribution in [0.25, 0.3) is 0 Å². The van der Waals surface area contributed by atoms with Crippen molar-refractivity contribution in [2.45, 2.75) is 10.6 Å². The molecule has 5 nitrogen and oxygen atoms in total. The molecule has 0 unspecified atom stereocenters. The molecule has 0 aromatic heterocycles. The predicted molar refractivity (Wildman–Crippen MR) is 123 cm³/mol. The molecular weight excluding hydrogens is 435 g/mol. The van der Waals surface area contributed by atoms with Crippen molar-refractivity contribution < 1.29 is 17.6 Å². The van der Waals surface area contributed by atoms with Gasteiger partial charge in [-0.25, -0.2) is 12.8 Å². The summed E-state index contributed by atoms with van der Waals surface area (Å²) in [5.74, 6) is 0.281. The molecule has 0 heterocycles. The number of anilines is 1. The van der Waals surface area contributed by atoms with Gasteiger partial charge in [0.2, 0.25) is 5.91 Å². The monoisotopic (exact) mass is 458 g/mol. The van der Waals surface area contributed by atoms with Crippen molar-refractivity contribution in [1.82, 2.24) is 5.32 Å². The summed E-state index contributed by atoms with van der Waals surface area (Å²) in [7, 11) is -4.12. The first-order valence-corrected chi connectivity index (χ1v) is 12.3. The molecule has 1 N–H and O–H groups in total. The minimum atomic E-state index is -4.12. The van der Waals surface area contributed by atoms with Crippen LogP contribution in [-0.4, -0.2) is 33.2 Å². The third-order valence-corrected chi connectivity index (χ3v) is 7.22. The van der Waals surface area contributed by atoms with Crippen molar-refractivity contribution in [3.63, 3.8) is 0 Å². The van der Waals surface area contributed by atoms with Gasteiger partial charge in [-0.3, -0.25) is 9.10 Å². The normalized spacial score (nSPS) is 11.1. The highest BCUT2D eigenvalue weighted by Gasteiger charge is 2.28. The molecule has 31 heavy (non-hydrogen) atoms. The summed E-state index contributed by atoms with van der Waals surface area (Å²) in [6.07, 6.45) is 0. The zero-order valence-corrected chi connectivity index (χ0v) is 18.4. The van der Waals surface area contributed by atoms with Gasteiger partial charge in [0.05, 0.1) is 10.6 Å². The van der Waals surface area contributed by atoms with Crippen LogP contribution in [0.4, 0.5) is 10.1 Å². The number of rotatable bonds is 10. The summed E-state index contributed by atoms with van der Waals surface area (Å²) in [6, 6.07) is 23.2. The average Bonchev–Trinajstić information content (AvgIpc) is 2.79. The fourth-order valence-corrected chi connectivity index (χ4v) is 5.16. The summed E-state index contributed by atoms with van der Waals surface area (Å²) >= 11 is 1.66. The van der Waals surface area contributed by atoms with Crippen molar-refractivity contribution in [2.24, 2.45) is 0 Å². The molecule has 0 saturated carbocycles. The number of carbonyl (C=O) groups is 1. The van der Waals surface area contributed by atoms with Gasteiger partial charge >= 0.3 is 0 Å². The summed E-state index contributed by atoms with van der Waals surface area (Å²) < 4.78 is 41.5. The third-order valence-electron chi connectivity index (χ3n) is 4.42. The van der Waals surface area contributed by atoms with Gasteiger partial charge in [0, 0.05) is 18.1 Å². The van der Waals surface area contributed by atoms with Gasteiger partial charge in [-0.1, -0.05) is 60.7 Å². The maximum absolute atomic E-state index is 14.4. The second-order valence-electron chi connectivity index (χ2n) is 6.66. The number of nitrogens with zero attached hydrogens (tertiary/aromatic N) is 1. The molecule has 8 heteroatoms. The van der Waals surface area contributed by atoms with Gasteiger partial charge in [-0.2, -0.15) is 11.8 Å². The molecule has 0 saturated heterocycles. The molecule has 162 valence electrons. The van der Waals surface area contributed by atoms with E-state index in [4.69, 9.17) is 0 Å². The lowest BCUT2D eigenvalue weighted by Crippen LogP contribution is -2.41. The molecule has 0 bridgehead atoms. The van der Waals surface area contributed by atoms with Crippen molar-refractivity contribution in [3.8, 4) is 0 Å². The molecule has 0 atom stereocenters. The molecule has 1 amide bonds. The second kappa shape index (κ2) is 11.0. The van der Waals surface area contributed by atoms with E-state index in [1.54, 1.807) is 30.0 Å². The van der Waals surface area contributed by atoms with Crippen LogP contribution in [0.2, 0.25) is 0 Å². The Labute approximate surface area is 186 Å². The largest absolute Gasteiger partial charge is 0.354 e. The predicted octanol–water partition coefficient (Wildman–Crippen LogP) is 4.07. The van der Waals surface area contributed by atoms with Gasteiger partial charge in [0.15, 0.2) is 0 Å². The van der Waals surface area contributed by atoms with Gasteiger partial charge in [0.25, 0.3) is 10.0 Å². The third kappa shape index (κ3) is 6.32. The van der Waals surface area contributed by atoms with E-state index in [0.717, 1.165) is 10.1 Å². The lowest BCUT2D eigenvalue weighted by molar-refractivity contribution is -0.119. The quantitative estimate of drug-likeness (QED) is 0.465. The Bertz CT molecular complexity index is 1090. The number of benzene rings is 3. The van der Waals surface area contributed by atoms with Crippen molar-refractivity contribution >= 4 is 33.4 Å². The van der Waals surface area contributed by atoms with E-state index in [2.05, 4.69) is 5.32 Å². The topological polar surface area (TPSA) is 66.5 Å². The highest BCUT2D eigenvalue weighted by atomic mass is 32.2. The van der Waals surface area contributed by atoms with Crippen molar-refractivity contribution in [1.29, 1.82) is 0 Å². The summed E-state index contributed by atoms with van der Waals surface area (Å²) in [4.78, 5) is 12.5. The molecule has 3 aromatic rings. The maximum atomic E-state index is 14.4. The van der Waals surface area contributed by atoms with Crippen LogP contribution in [0.15, 0.2) is 89.8 Å². The van der Waals surface area contributed by atoms with E-state index < -0.39 is 28.3 Å². The molecule has 0 aliphatic carbocycles. The number of sulfonamides is 1. The molecule has 0 spiro atoms. The number of para-hydroxylation sites is 1. The Hall–Kier alpha value is -2.84. The highest BCUT2D eigenvalue weighted by Crippen LogP contribution is 2.25. The van der Waals surface area contributed by atoms with Gasteiger partial charge < -0.3 is 5.32 Å². The molecule has 0 aliphatic rings. The smallest absolute Gasteiger partial charge is 0.264 e. The number of hydrogen-bond donors (Lipinski definition) is 1. The second-order valence-corrected chi connectivity index (χ2v) is 9.63. The van der Waals surface area contributed by atoms with Crippen LogP contribution in [-0.2, 0) is 20.6 Å². The minimum absolute atomic E-state index is 0.00975. The van der Waals surface area contributed by atoms with Gasteiger partial charge in [0.1, 0.15) is 12.4 Å². The SMILES string of the molecule is O=C(CN(c1ccccc1F)S(=O)(=O)c1ccccc1)NCCSCc1ccccc1. The molecule has 0 fully saturated rings. The first-order chi connectivity index (χ1) is 15.0. The highest BCUT2D eigenvalue weighted by molar-refractivity contribution is 7.98. The van der Waals surface area contributed by atoms with Crippen molar-refractivity contribution in [2.75, 3.05) is 23.1 Å². The minimum Gasteiger partial charge on any atom is -0.354 e. The van der Waals surface area contributed by atoms with E-state index in [1.807, 2.05) is 30.3 Å². The number of halogens is 1. The first kappa shape index (κ1) is 22.8. The number of nitrogens with one attached hydrogen (secondary N) is 1. The van der Waals surface area contributed by atoms with Crippen LogP contribution >= 0.6 is 11.8 Å². The van der Waals surface area contributed by atoms with Crippen LogP contribution in [0, 0.1) is 5.82 Å². The lowest BCUT2D eigenvalue weighted by atomic mass is 10.2. The van der Waals surface area contributed by atoms with Crippen LogP contribution < -0.4 is 9.62 Å². The Morgan fingerprint density at radius 3 is 2.19 bits per heavy atom. The molecular formula is C23H23FN2O3S2. The fourth-order valence-electron chi connectivity index (χ4n) is 2.89. The Balaban J connectivity index is 1.65. The van der Waals surface area contributed by atoms with Crippen LogP contribution in [0.3, 0.4) is 0 Å². The number of thioether (sulfide) groups is 1. The van der Waals surface area contributed by atoms with E-state index in [0.29, 0.717) is 12.3 Å². The molecule has 3 rings (SSSR count). The number of amides is 1. The average molecular weight is 459 g/mol. The Kier molecular flexibility index (Phi) is 8.08. The Morgan fingerprint density at radius 2 is 1.52 bits per heavy atom. The molecule has 0 radical (unpaired) electrons. The van der Waals surface area contributed by atoms with E-state index in [1.165, 1.54) is 42.0 Å². The van der Waals surface area contributed by atoms with E-state index in [9.17, 15) is 17.6 Å². The fraction of sp³-hybridized carbons (Fsp3) is 0.174. The van der Waals surface area contributed by atoms with E-state index in [-0.39, 0.29) is 10.6 Å². The first-order valence-electron chi connectivity index (χ1n) is 9.69. The Morgan fingerprint density at radius 1 is 0.903 bits per heavy atom. The summed E-state index contributed by atoms with van der Waals surface area (Å²) in [6.45, 7) is -0.131. The van der Waals surface area contributed by atoms with E-state index >= 15 is 0 Å². The zero-order chi connectivity index (χ0) is 22.1. The molecule has 0 aliphatic heterocycles. The number of carbonyl (C=O) groups excluding carboxylic acids is 1. The lowest BCUT2D eigenvalue weighted by Gasteiger charge is -2.24. The molecule has 3 aromatic carbocycles.